The normalized spacial score (nSPS) is 14.5. The van der Waals surface area contributed by atoms with Crippen LogP contribution in [0.4, 0.5) is 0 Å². The number of carbonyl (C=O) groups excluding carboxylic acids is 1. The van der Waals surface area contributed by atoms with Crippen LogP contribution in [0.15, 0.2) is 0 Å². The molecule has 0 N–H and O–H groups in total. The lowest BCUT2D eigenvalue weighted by atomic mass is 9.92. The Hall–Kier alpha value is -1.45. The number of hydrogen-bond acceptors (Lipinski definition) is 4. The van der Waals surface area contributed by atoms with Crippen molar-refractivity contribution in [1.82, 2.24) is 10.2 Å². The van der Waals surface area contributed by atoms with Crippen LogP contribution in [0.1, 0.15) is 40.2 Å². The van der Waals surface area contributed by atoms with Gasteiger partial charge in [-0.3, -0.25) is 0 Å². The minimum Gasteiger partial charge on any atom is -0.465 e. The number of aromatic nitrogens is 2. The van der Waals surface area contributed by atoms with Crippen molar-refractivity contribution in [3.8, 4) is 0 Å². The van der Waals surface area contributed by atoms with Crippen LogP contribution in [0.25, 0.3) is 0 Å². The van der Waals surface area contributed by atoms with Crippen molar-refractivity contribution in [2.24, 2.45) is 0 Å². The fourth-order valence-electron chi connectivity index (χ4n) is 2.05. The molecule has 0 atom stereocenters. The summed E-state index contributed by atoms with van der Waals surface area (Å²) in [6.45, 7) is 1.80. The quantitative estimate of drug-likeness (QED) is 0.652. The van der Waals surface area contributed by atoms with Crippen LogP contribution in [0.2, 0.25) is 0 Å². The molecule has 4 heteroatoms. The van der Waals surface area contributed by atoms with Gasteiger partial charge in [0.15, 0.2) is 0 Å². The van der Waals surface area contributed by atoms with Crippen molar-refractivity contribution in [2.45, 2.75) is 32.6 Å². The van der Waals surface area contributed by atoms with Gasteiger partial charge in [0, 0.05) is 0 Å². The van der Waals surface area contributed by atoms with Gasteiger partial charge in [-0.2, -0.15) is 10.2 Å². The van der Waals surface area contributed by atoms with Crippen molar-refractivity contribution >= 4 is 5.97 Å². The van der Waals surface area contributed by atoms with E-state index in [4.69, 9.17) is 4.74 Å². The highest BCUT2D eigenvalue weighted by Crippen LogP contribution is 2.24. The van der Waals surface area contributed by atoms with Gasteiger partial charge >= 0.3 is 5.97 Å². The Morgan fingerprint density at radius 3 is 2.73 bits per heavy atom. The molecular formula is C11H14N2O2. The van der Waals surface area contributed by atoms with Crippen molar-refractivity contribution in [2.75, 3.05) is 7.11 Å². The Bertz CT molecular complexity index is 402. The zero-order valence-electron chi connectivity index (χ0n) is 9.04. The molecule has 1 aliphatic rings. The summed E-state index contributed by atoms with van der Waals surface area (Å²) in [6.07, 6.45) is 4.08. The molecule has 1 aromatic rings. The fraction of sp³-hybridized carbons (Fsp3) is 0.545. The summed E-state index contributed by atoms with van der Waals surface area (Å²) < 4.78 is 4.78. The first-order valence-corrected chi connectivity index (χ1v) is 5.17. The van der Waals surface area contributed by atoms with Gasteiger partial charge in [0.1, 0.15) is 0 Å². The minimum absolute atomic E-state index is 0.291. The predicted molar refractivity (Wildman–Crippen MR) is 54.8 cm³/mol. The van der Waals surface area contributed by atoms with E-state index in [1.54, 1.807) is 6.92 Å². The molecule has 0 saturated heterocycles. The smallest absolute Gasteiger partial charge is 0.340 e. The maximum Gasteiger partial charge on any atom is 0.340 e. The monoisotopic (exact) mass is 206 g/mol. The van der Waals surface area contributed by atoms with Crippen molar-refractivity contribution in [1.29, 1.82) is 0 Å². The number of methoxy groups -OCH3 is 1. The van der Waals surface area contributed by atoms with Crippen LogP contribution in [-0.4, -0.2) is 23.3 Å². The van der Waals surface area contributed by atoms with Crippen LogP contribution in [0.3, 0.4) is 0 Å². The second-order valence-electron chi connectivity index (χ2n) is 3.78. The highest BCUT2D eigenvalue weighted by atomic mass is 16.5. The molecule has 1 aromatic heterocycles. The van der Waals surface area contributed by atoms with Crippen LogP contribution in [-0.2, 0) is 17.6 Å². The van der Waals surface area contributed by atoms with Crippen LogP contribution in [0.5, 0.6) is 0 Å². The van der Waals surface area contributed by atoms with Crippen LogP contribution < -0.4 is 0 Å². The standard InChI is InChI=1S/C11H14N2O2/c1-7-10(11(14)15-2)8-5-3-4-6-9(8)13-12-7/h3-6H2,1-2H3. The average Bonchev–Trinajstić information content (AvgIpc) is 2.28. The van der Waals surface area contributed by atoms with E-state index in [-0.39, 0.29) is 5.97 Å². The summed E-state index contributed by atoms with van der Waals surface area (Å²) in [5.41, 5.74) is 3.30. The maximum absolute atomic E-state index is 11.6. The lowest BCUT2D eigenvalue weighted by Crippen LogP contribution is -2.17. The Balaban J connectivity index is 2.55. The minimum atomic E-state index is -0.291. The highest BCUT2D eigenvalue weighted by molar-refractivity contribution is 5.92. The Morgan fingerprint density at radius 2 is 2.00 bits per heavy atom. The van der Waals surface area contributed by atoms with Crippen molar-refractivity contribution < 1.29 is 9.53 Å². The zero-order chi connectivity index (χ0) is 10.8. The topological polar surface area (TPSA) is 52.1 Å². The molecule has 0 radical (unpaired) electrons. The molecule has 2 rings (SSSR count). The van der Waals surface area contributed by atoms with Crippen LogP contribution in [0, 0.1) is 6.92 Å². The molecule has 0 unspecified atom stereocenters. The highest BCUT2D eigenvalue weighted by Gasteiger charge is 2.22. The molecule has 0 aromatic carbocycles. The average molecular weight is 206 g/mol. The van der Waals surface area contributed by atoms with E-state index in [1.807, 2.05) is 0 Å². The number of aryl methyl sites for hydroxylation is 2. The fourth-order valence-corrected chi connectivity index (χ4v) is 2.05. The maximum atomic E-state index is 11.6. The summed E-state index contributed by atoms with van der Waals surface area (Å²) in [5, 5.41) is 8.15. The molecule has 4 nitrogen and oxygen atoms in total. The first-order valence-electron chi connectivity index (χ1n) is 5.17. The number of ether oxygens (including phenoxy) is 1. The van der Waals surface area contributed by atoms with Gasteiger partial charge in [-0.1, -0.05) is 0 Å². The number of rotatable bonds is 1. The third-order valence-corrected chi connectivity index (χ3v) is 2.81. The Labute approximate surface area is 88.7 Å². The van der Waals surface area contributed by atoms with Gasteiger partial charge in [-0.15, -0.1) is 0 Å². The van der Waals surface area contributed by atoms with E-state index in [0.717, 1.165) is 36.9 Å². The lowest BCUT2D eigenvalue weighted by molar-refractivity contribution is 0.0597. The molecule has 0 fully saturated rings. The molecule has 1 heterocycles. The van der Waals surface area contributed by atoms with E-state index < -0.39 is 0 Å². The van der Waals surface area contributed by atoms with E-state index in [9.17, 15) is 4.79 Å². The number of carbonyl (C=O) groups is 1. The summed E-state index contributed by atoms with van der Waals surface area (Å²) >= 11 is 0. The summed E-state index contributed by atoms with van der Waals surface area (Å²) in [5.74, 6) is -0.291. The number of nitrogens with zero attached hydrogens (tertiary/aromatic N) is 2. The number of esters is 1. The molecule has 0 bridgehead atoms. The molecule has 0 spiro atoms. The second kappa shape index (κ2) is 3.96. The number of hydrogen-bond donors (Lipinski definition) is 0. The molecular weight excluding hydrogens is 192 g/mol. The third-order valence-electron chi connectivity index (χ3n) is 2.81. The van der Waals surface area contributed by atoms with Crippen LogP contribution >= 0.6 is 0 Å². The largest absolute Gasteiger partial charge is 0.465 e. The molecule has 1 aliphatic carbocycles. The molecule has 0 amide bonds. The Kier molecular flexibility index (Phi) is 2.66. The van der Waals surface area contributed by atoms with E-state index in [0.29, 0.717) is 11.3 Å². The van der Waals surface area contributed by atoms with Gasteiger partial charge < -0.3 is 4.74 Å². The van der Waals surface area contributed by atoms with Gasteiger partial charge in [-0.25, -0.2) is 4.79 Å². The third kappa shape index (κ3) is 1.71. The van der Waals surface area contributed by atoms with Crippen molar-refractivity contribution in [3.63, 3.8) is 0 Å². The van der Waals surface area contributed by atoms with E-state index in [2.05, 4.69) is 10.2 Å². The number of fused-ring (bicyclic) bond motifs is 1. The summed E-state index contributed by atoms with van der Waals surface area (Å²) in [6, 6.07) is 0. The van der Waals surface area contributed by atoms with Gasteiger partial charge in [0.05, 0.1) is 24.1 Å². The summed E-state index contributed by atoms with van der Waals surface area (Å²) in [4.78, 5) is 11.6. The van der Waals surface area contributed by atoms with E-state index in [1.165, 1.54) is 7.11 Å². The molecule has 15 heavy (non-hydrogen) atoms. The molecule has 80 valence electrons. The molecule has 0 saturated carbocycles. The van der Waals surface area contributed by atoms with Gasteiger partial charge in [-0.05, 0) is 38.2 Å². The van der Waals surface area contributed by atoms with Crippen molar-refractivity contribution in [3.05, 3.63) is 22.5 Å². The first-order chi connectivity index (χ1) is 7.24. The predicted octanol–water partition coefficient (Wildman–Crippen LogP) is 1.45. The lowest BCUT2D eigenvalue weighted by Gasteiger charge is -2.17. The SMILES string of the molecule is COC(=O)c1c(C)nnc2c1CCCC2. The second-order valence-corrected chi connectivity index (χ2v) is 3.78. The molecule has 0 aliphatic heterocycles. The zero-order valence-corrected chi connectivity index (χ0v) is 9.04. The van der Waals surface area contributed by atoms with E-state index >= 15 is 0 Å². The first kappa shape index (κ1) is 10.1. The summed E-state index contributed by atoms with van der Waals surface area (Å²) in [7, 11) is 1.40. The Morgan fingerprint density at radius 1 is 1.27 bits per heavy atom. The van der Waals surface area contributed by atoms with Gasteiger partial charge in [0.2, 0.25) is 0 Å². The van der Waals surface area contributed by atoms with Gasteiger partial charge in [0.25, 0.3) is 0 Å².